The highest BCUT2D eigenvalue weighted by Crippen LogP contribution is 2.24. The molecule has 0 unspecified atom stereocenters. The molecule has 4 N–H and O–H groups in total. The summed E-state index contributed by atoms with van der Waals surface area (Å²) in [5.41, 5.74) is 13.0. The van der Waals surface area contributed by atoms with E-state index in [9.17, 15) is 9.59 Å². The summed E-state index contributed by atoms with van der Waals surface area (Å²) in [6.07, 6.45) is 0. The Hall–Kier alpha value is -2.34. The van der Waals surface area contributed by atoms with Gasteiger partial charge in [0.05, 0.1) is 4.88 Å². The number of thiophene rings is 1. The van der Waals surface area contributed by atoms with Gasteiger partial charge in [0.1, 0.15) is 0 Å². The minimum atomic E-state index is -0.462. The number of aryl methyl sites for hydroxylation is 1. The fourth-order valence-electron chi connectivity index (χ4n) is 1.91. The fraction of sp³-hybridized carbons (Fsp3) is 0.200. The molecule has 1 aromatic heterocycles. The number of benzene rings is 1. The number of nitrogen functional groups attached to an aromatic ring is 1. The van der Waals surface area contributed by atoms with Crippen molar-refractivity contribution in [2.75, 3.05) is 12.8 Å². The Morgan fingerprint density at radius 2 is 1.86 bits per heavy atom. The molecule has 0 aliphatic heterocycles. The number of hydrogen-bond donors (Lipinski definition) is 2. The van der Waals surface area contributed by atoms with Crippen molar-refractivity contribution < 1.29 is 9.59 Å². The van der Waals surface area contributed by atoms with Crippen LogP contribution in [0.3, 0.4) is 0 Å². The van der Waals surface area contributed by atoms with E-state index in [1.54, 1.807) is 42.3 Å². The Kier molecular flexibility index (Phi) is 4.28. The van der Waals surface area contributed by atoms with Gasteiger partial charge in [-0.2, -0.15) is 0 Å². The predicted molar refractivity (Wildman–Crippen MR) is 84.2 cm³/mol. The zero-order valence-electron chi connectivity index (χ0n) is 11.9. The van der Waals surface area contributed by atoms with Gasteiger partial charge in [0.2, 0.25) is 5.91 Å². The van der Waals surface area contributed by atoms with Crippen LogP contribution >= 0.6 is 11.3 Å². The molecule has 0 saturated heterocycles. The average molecular weight is 303 g/mol. The number of anilines is 1. The second-order valence-electron chi connectivity index (χ2n) is 4.84. The minimum Gasteiger partial charge on any atom is -0.398 e. The standard InChI is InChI=1S/C15H17N3O2S/c1-9-12(16)7-13(21-9)15(20)18(2)8-10-3-5-11(6-4-10)14(17)19/h3-7H,8,16H2,1-2H3,(H2,17,19). The highest BCUT2D eigenvalue weighted by molar-refractivity contribution is 7.14. The van der Waals surface area contributed by atoms with Crippen LogP contribution in [-0.2, 0) is 6.54 Å². The number of hydrogen-bond acceptors (Lipinski definition) is 4. The molecule has 2 amide bonds. The molecule has 21 heavy (non-hydrogen) atoms. The number of rotatable bonds is 4. The highest BCUT2D eigenvalue weighted by atomic mass is 32.1. The van der Waals surface area contributed by atoms with E-state index in [1.165, 1.54) is 11.3 Å². The van der Waals surface area contributed by atoms with Gasteiger partial charge in [0.15, 0.2) is 0 Å². The molecule has 2 aromatic rings. The number of nitrogens with two attached hydrogens (primary N) is 2. The molecule has 2 rings (SSSR count). The predicted octanol–water partition coefficient (Wildman–Crippen LogP) is 2.01. The highest BCUT2D eigenvalue weighted by Gasteiger charge is 2.15. The smallest absolute Gasteiger partial charge is 0.264 e. The molecule has 0 saturated carbocycles. The van der Waals surface area contributed by atoms with Crippen LogP contribution in [0, 0.1) is 6.92 Å². The van der Waals surface area contributed by atoms with Crippen molar-refractivity contribution in [2.24, 2.45) is 5.73 Å². The summed E-state index contributed by atoms with van der Waals surface area (Å²) < 4.78 is 0. The van der Waals surface area contributed by atoms with E-state index in [0.717, 1.165) is 10.4 Å². The average Bonchev–Trinajstić information content (AvgIpc) is 2.78. The van der Waals surface area contributed by atoms with Crippen molar-refractivity contribution in [2.45, 2.75) is 13.5 Å². The Bertz CT molecular complexity index is 657. The number of primary amides is 1. The van der Waals surface area contributed by atoms with Gasteiger partial charge in [-0.3, -0.25) is 9.59 Å². The van der Waals surface area contributed by atoms with Crippen molar-refractivity contribution in [1.82, 2.24) is 4.90 Å². The van der Waals surface area contributed by atoms with Crippen LogP contribution in [0.4, 0.5) is 5.69 Å². The van der Waals surface area contributed by atoms with Crippen LogP contribution in [0.5, 0.6) is 0 Å². The number of carbonyl (C=O) groups is 2. The molecular formula is C15H17N3O2S. The molecule has 6 heteroatoms. The minimum absolute atomic E-state index is 0.0706. The molecule has 0 fully saturated rings. The maximum Gasteiger partial charge on any atom is 0.264 e. The van der Waals surface area contributed by atoms with Gasteiger partial charge in [-0.25, -0.2) is 0 Å². The lowest BCUT2D eigenvalue weighted by atomic mass is 10.1. The SMILES string of the molecule is Cc1sc(C(=O)N(C)Cc2ccc(C(N)=O)cc2)cc1N. The maximum atomic E-state index is 12.3. The van der Waals surface area contributed by atoms with Gasteiger partial charge in [0, 0.05) is 29.7 Å². The van der Waals surface area contributed by atoms with Crippen molar-refractivity contribution in [3.05, 3.63) is 51.2 Å². The second-order valence-corrected chi connectivity index (χ2v) is 6.10. The summed E-state index contributed by atoms with van der Waals surface area (Å²) in [5, 5.41) is 0. The Morgan fingerprint density at radius 3 is 2.33 bits per heavy atom. The molecule has 1 aromatic carbocycles. The third-order valence-corrected chi connectivity index (χ3v) is 4.23. The van der Waals surface area contributed by atoms with Crippen LogP contribution in [0.2, 0.25) is 0 Å². The lowest BCUT2D eigenvalue weighted by molar-refractivity contribution is 0.0789. The van der Waals surface area contributed by atoms with Gasteiger partial charge in [-0.1, -0.05) is 12.1 Å². The van der Waals surface area contributed by atoms with Crippen LogP contribution in [0.1, 0.15) is 30.5 Å². The third-order valence-electron chi connectivity index (χ3n) is 3.17. The molecular weight excluding hydrogens is 286 g/mol. The number of amides is 2. The largest absolute Gasteiger partial charge is 0.398 e. The van der Waals surface area contributed by atoms with Crippen LogP contribution < -0.4 is 11.5 Å². The molecule has 110 valence electrons. The molecule has 5 nitrogen and oxygen atoms in total. The lowest BCUT2D eigenvalue weighted by Crippen LogP contribution is -2.25. The molecule has 0 radical (unpaired) electrons. The fourth-order valence-corrected chi connectivity index (χ4v) is 2.85. The van der Waals surface area contributed by atoms with Crippen LogP contribution in [0.15, 0.2) is 30.3 Å². The molecule has 0 bridgehead atoms. The zero-order valence-corrected chi connectivity index (χ0v) is 12.7. The van der Waals surface area contributed by atoms with E-state index in [-0.39, 0.29) is 5.91 Å². The molecule has 0 spiro atoms. The van der Waals surface area contributed by atoms with E-state index >= 15 is 0 Å². The Balaban J connectivity index is 2.08. The summed E-state index contributed by atoms with van der Waals surface area (Å²) in [5.74, 6) is -0.533. The monoisotopic (exact) mass is 303 g/mol. The maximum absolute atomic E-state index is 12.3. The van der Waals surface area contributed by atoms with Gasteiger partial charge in [0.25, 0.3) is 5.91 Å². The van der Waals surface area contributed by atoms with Crippen molar-refractivity contribution in [3.63, 3.8) is 0 Å². The van der Waals surface area contributed by atoms with Crippen LogP contribution in [-0.4, -0.2) is 23.8 Å². The first-order valence-corrected chi connectivity index (χ1v) is 7.20. The first kappa shape index (κ1) is 15.1. The van der Waals surface area contributed by atoms with E-state index < -0.39 is 5.91 Å². The molecule has 0 aliphatic carbocycles. The molecule has 1 heterocycles. The van der Waals surface area contributed by atoms with E-state index in [4.69, 9.17) is 11.5 Å². The number of carbonyl (C=O) groups excluding carboxylic acids is 2. The van der Waals surface area contributed by atoms with Gasteiger partial charge >= 0.3 is 0 Å². The van der Waals surface area contributed by atoms with Gasteiger partial charge < -0.3 is 16.4 Å². The van der Waals surface area contributed by atoms with Crippen LogP contribution in [0.25, 0.3) is 0 Å². The summed E-state index contributed by atoms with van der Waals surface area (Å²) in [7, 11) is 1.73. The normalized spacial score (nSPS) is 10.4. The van der Waals surface area contributed by atoms with Gasteiger partial charge in [-0.05, 0) is 30.7 Å². The summed E-state index contributed by atoms with van der Waals surface area (Å²) in [6.45, 7) is 2.34. The Morgan fingerprint density at radius 1 is 1.24 bits per heavy atom. The summed E-state index contributed by atoms with van der Waals surface area (Å²) in [4.78, 5) is 26.5. The van der Waals surface area contributed by atoms with E-state index in [2.05, 4.69) is 0 Å². The van der Waals surface area contributed by atoms with Crippen molar-refractivity contribution in [3.8, 4) is 0 Å². The summed E-state index contributed by atoms with van der Waals surface area (Å²) >= 11 is 1.39. The number of nitrogens with zero attached hydrogens (tertiary/aromatic N) is 1. The zero-order chi connectivity index (χ0) is 15.6. The lowest BCUT2D eigenvalue weighted by Gasteiger charge is -2.16. The third kappa shape index (κ3) is 3.41. The Labute approximate surface area is 127 Å². The molecule has 0 atom stereocenters. The van der Waals surface area contributed by atoms with E-state index in [1.807, 2.05) is 6.92 Å². The van der Waals surface area contributed by atoms with Crippen molar-refractivity contribution in [1.29, 1.82) is 0 Å². The quantitative estimate of drug-likeness (QED) is 0.905. The van der Waals surface area contributed by atoms with Crippen molar-refractivity contribution >= 4 is 28.8 Å². The first-order chi connectivity index (χ1) is 9.88. The van der Waals surface area contributed by atoms with E-state index in [0.29, 0.717) is 22.7 Å². The summed E-state index contributed by atoms with van der Waals surface area (Å²) in [6, 6.07) is 8.59. The second kappa shape index (κ2) is 5.97. The van der Waals surface area contributed by atoms with Gasteiger partial charge in [-0.15, -0.1) is 11.3 Å². The first-order valence-electron chi connectivity index (χ1n) is 6.38. The topological polar surface area (TPSA) is 89.4 Å². The molecule has 0 aliphatic rings.